The molecule has 2 unspecified atom stereocenters. The zero-order valence-electron chi connectivity index (χ0n) is 35.1. The second kappa shape index (κ2) is 20.1. The average molecular weight is 799 g/mol. The molecule has 6 aromatic rings. The van der Waals surface area contributed by atoms with E-state index in [2.05, 4.69) is 76.2 Å². The molecule has 59 heavy (non-hydrogen) atoms. The smallest absolute Gasteiger partial charge is 0.165 e. The molecule has 0 aliphatic heterocycles. The van der Waals surface area contributed by atoms with Gasteiger partial charge < -0.3 is 23.7 Å². The molecule has 7 heteroatoms. The van der Waals surface area contributed by atoms with Crippen LogP contribution in [0.4, 0.5) is 8.78 Å². The number of hydrogen-bond donors (Lipinski definition) is 0. The molecule has 0 aliphatic carbocycles. The molecule has 0 N–H and O–H groups in total. The molecule has 6 rings (SSSR count). The highest BCUT2D eigenvalue weighted by Gasteiger charge is 2.40. The minimum Gasteiger partial charge on any atom is -0.454 e. The molecule has 0 heterocycles. The number of ether oxygens (including phenoxy) is 5. The van der Waals surface area contributed by atoms with Crippen LogP contribution < -0.4 is 9.47 Å². The summed E-state index contributed by atoms with van der Waals surface area (Å²) < 4.78 is 61.6. The van der Waals surface area contributed by atoms with Crippen molar-refractivity contribution in [2.75, 3.05) is 13.2 Å². The molecule has 0 aromatic heterocycles. The Balaban J connectivity index is 1.41. The first-order valence-corrected chi connectivity index (χ1v) is 20.5. The Morgan fingerprint density at radius 3 is 1.17 bits per heavy atom. The lowest BCUT2D eigenvalue weighted by atomic mass is 9.74. The summed E-state index contributed by atoms with van der Waals surface area (Å²) in [5.41, 5.74) is 4.98. The predicted octanol–water partition coefficient (Wildman–Crippen LogP) is 13.1. The fraction of sp³-hybridized carbons (Fsp3) is 0.308. The van der Waals surface area contributed by atoms with Crippen molar-refractivity contribution in [3.05, 3.63) is 191 Å². The molecule has 0 radical (unpaired) electrons. The zero-order valence-corrected chi connectivity index (χ0v) is 35.1. The Morgan fingerprint density at radius 2 is 0.814 bits per heavy atom. The Kier molecular flexibility index (Phi) is 14.7. The van der Waals surface area contributed by atoms with Crippen molar-refractivity contribution in [1.29, 1.82) is 0 Å². The Morgan fingerprint density at radius 1 is 0.458 bits per heavy atom. The van der Waals surface area contributed by atoms with Crippen LogP contribution in [0, 0.1) is 11.6 Å². The topological polar surface area (TPSA) is 46.2 Å². The lowest BCUT2D eigenvalue weighted by Gasteiger charge is -2.43. The minimum absolute atomic E-state index is 0.145. The molecule has 0 amide bonds. The summed E-state index contributed by atoms with van der Waals surface area (Å²) in [4.78, 5) is 0. The van der Waals surface area contributed by atoms with Crippen molar-refractivity contribution in [1.82, 2.24) is 0 Å². The first-order chi connectivity index (χ1) is 28.5. The quantitative estimate of drug-likeness (QED) is 0.0770. The third kappa shape index (κ3) is 11.4. The molecule has 308 valence electrons. The maximum atomic E-state index is 15.3. The van der Waals surface area contributed by atoms with Gasteiger partial charge >= 0.3 is 0 Å². The summed E-state index contributed by atoms with van der Waals surface area (Å²) in [5, 5.41) is 0. The van der Waals surface area contributed by atoms with E-state index in [1.807, 2.05) is 50.2 Å². The van der Waals surface area contributed by atoms with Crippen molar-refractivity contribution >= 4 is 0 Å². The highest BCUT2D eigenvalue weighted by atomic mass is 19.1. The summed E-state index contributed by atoms with van der Waals surface area (Å²) in [6.07, 6.45) is 0.0600. The highest BCUT2D eigenvalue weighted by molar-refractivity contribution is 5.39. The van der Waals surface area contributed by atoms with Crippen molar-refractivity contribution in [3.8, 4) is 23.0 Å². The van der Waals surface area contributed by atoms with E-state index in [4.69, 9.17) is 23.7 Å². The van der Waals surface area contributed by atoms with Gasteiger partial charge in [0.15, 0.2) is 23.1 Å². The van der Waals surface area contributed by atoms with Crippen LogP contribution in [0.15, 0.2) is 146 Å². The van der Waals surface area contributed by atoms with Crippen LogP contribution in [0.1, 0.15) is 74.9 Å². The van der Waals surface area contributed by atoms with Gasteiger partial charge in [-0.3, -0.25) is 0 Å². The van der Waals surface area contributed by atoms with Crippen LogP contribution in [0.3, 0.4) is 0 Å². The van der Waals surface area contributed by atoms with Gasteiger partial charge in [-0.2, -0.15) is 0 Å². The van der Waals surface area contributed by atoms with Crippen LogP contribution in [-0.4, -0.2) is 25.4 Å². The number of para-hydroxylation sites is 2. The number of benzene rings is 6. The first kappa shape index (κ1) is 43.2. The Labute approximate surface area is 348 Å². The van der Waals surface area contributed by atoms with Crippen molar-refractivity contribution < 1.29 is 32.5 Å². The zero-order chi connectivity index (χ0) is 41.8. The molecule has 0 spiro atoms. The van der Waals surface area contributed by atoms with Crippen LogP contribution in [0.2, 0.25) is 0 Å². The molecule has 0 saturated heterocycles. The van der Waals surface area contributed by atoms with Crippen molar-refractivity contribution in [2.24, 2.45) is 0 Å². The maximum absolute atomic E-state index is 15.3. The molecule has 2 atom stereocenters. The molecule has 0 bridgehead atoms. The minimum atomic E-state index is -0.543. The molecule has 0 saturated carbocycles. The van der Waals surface area contributed by atoms with E-state index >= 15 is 8.78 Å². The first-order valence-electron chi connectivity index (χ1n) is 20.5. The SMILES string of the molecule is CCOCc1ccc(C(C)(C)C(Cc2ccc(F)c(Oc3ccccc3)c2)OC(Cc2ccc(F)c(Oc3ccccc3)c2)C(C)(C)c2ccc(COCC)cc2)cc1. The van der Waals surface area contributed by atoms with Gasteiger partial charge in [0.05, 0.1) is 25.4 Å². The monoisotopic (exact) mass is 798 g/mol. The van der Waals surface area contributed by atoms with Crippen molar-refractivity contribution in [2.45, 2.75) is 90.6 Å². The highest BCUT2D eigenvalue weighted by Crippen LogP contribution is 2.39. The van der Waals surface area contributed by atoms with Gasteiger partial charge in [0.25, 0.3) is 0 Å². The molecular formula is C52H56F2O5. The van der Waals surface area contributed by atoms with E-state index in [1.54, 1.807) is 48.5 Å². The van der Waals surface area contributed by atoms with E-state index in [0.29, 0.717) is 50.8 Å². The van der Waals surface area contributed by atoms with Gasteiger partial charge in [-0.05, 0) is 109 Å². The summed E-state index contributed by atoms with van der Waals surface area (Å²) in [6.45, 7) is 15.1. The lowest BCUT2D eigenvalue weighted by molar-refractivity contribution is -0.0753. The van der Waals surface area contributed by atoms with E-state index in [-0.39, 0.29) is 11.5 Å². The summed E-state index contributed by atoms with van der Waals surface area (Å²) >= 11 is 0. The van der Waals surface area contributed by atoms with Crippen LogP contribution >= 0.6 is 0 Å². The van der Waals surface area contributed by atoms with E-state index in [1.165, 1.54) is 12.1 Å². The fourth-order valence-corrected chi connectivity index (χ4v) is 7.18. The van der Waals surface area contributed by atoms with E-state index < -0.39 is 34.7 Å². The van der Waals surface area contributed by atoms with Crippen molar-refractivity contribution in [3.63, 3.8) is 0 Å². The number of halogens is 2. The van der Waals surface area contributed by atoms with Gasteiger partial charge in [-0.1, -0.05) is 125 Å². The molecule has 0 aliphatic rings. The van der Waals surface area contributed by atoms with Crippen LogP contribution in [-0.2, 0) is 51.1 Å². The standard InChI is InChI=1S/C52H56F2O5/c1-7-55-35-37-19-25-41(26-20-37)51(3,4)49(33-39-23-29-45(53)47(31-39)57-43-15-11-9-12-16-43)59-50(52(5,6)42-27-21-38(22-28-42)36-56-8-2)34-40-24-30-46(54)48(32-40)58-44-17-13-10-14-18-44/h9-32,49-50H,7-8,33-36H2,1-6H3. The fourth-order valence-electron chi connectivity index (χ4n) is 7.18. The lowest BCUT2D eigenvalue weighted by Crippen LogP contribution is -2.46. The molecule has 5 nitrogen and oxygen atoms in total. The Bertz CT molecular complexity index is 2050. The summed E-state index contributed by atoms with van der Waals surface area (Å²) in [7, 11) is 0. The summed E-state index contributed by atoms with van der Waals surface area (Å²) in [5.74, 6) is 0.492. The normalized spacial score (nSPS) is 12.9. The second-order valence-electron chi connectivity index (χ2n) is 16.0. The van der Waals surface area contributed by atoms with Crippen LogP contribution in [0.5, 0.6) is 23.0 Å². The summed E-state index contributed by atoms with van der Waals surface area (Å²) in [6, 6.07) is 45.5. The van der Waals surface area contributed by atoms with Crippen LogP contribution in [0.25, 0.3) is 0 Å². The second-order valence-corrected chi connectivity index (χ2v) is 16.0. The Hall–Kier alpha value is -5.34. The van der Waals surface area contributed by atoms with Gasteiger partial charge in [0.1, 0.15) is 11.5 Å². The third-order valence-corrected chi connectivity index (χ3v) is 11.1. The largest absolute Gasteiger partial charge is 0.454 e. The maximum Gasteiger partial charge on any atom is 0.165 e. The number of rotatable bonds is 20. The van der Waals surface area contributed by atoms with E-state index in [9.17, 15) is 0 Å². The average Bonchev–Trinajstić information content (AvgIpc) is 3.25. The van der Waals surface area contributed by atoms with Gasteiger partial charge in [-0.25, -0.2) is 8.78 Å². The third-order valence-electron chi connectivity index (χ3n) is 11.1. The van der Waals surface area contributed by atoms with Gasteiger partial charge in [0, 0.05) is 24.0 Å². The number of hydrogen-bond acceptors (Lipinski definition) is 5. The molecule has 0 fully saturated rings. The van der Waals surface area contributed by atoms with E-state index in [0.717, 1.165) is 33.4 Å². The van der Waals surface area contributed by atoms with Gasteiger partial charge in [-0.15, -0.1) is 0 Å². The predicted molar refractivity (Wildman–Crippen MR) is 231 cm³/mol. The molecule has 6 aromatic carbocycles. The van der Waals surface area contributed by atoms with Gasteiger partial charge in [0.2, 0.25) is 0 Å². The molecular weight excluding hydrogens is 743 g/mol.